The molecule has 0 saturated heterocycles. The van der Waals surface area contributed by atoms with Gasteiger partial charge in [-0.2, -0.15) is 0 Å². The molecule has 1 amide bonds. The SMILES string of the molecule is O=C(NCCc1ccncc1)c1sccc1Nc1ccnc2[nH]ccc12. The topological polar surface area (TPSA) is 82.7 Å². The maximum absolute atomic E-state index is 12.5. The van der Waals surface area contributed by atoms with Crippen LogP contribution in [0.15, 0.2) is 60.5 Å². The van der Waals surface area contributed by atoms with Crippen LogP contribution >= 0.6 is 11.3 Å². The van der Waals surface area contributed by atoms with E-state index in [4.69, 9.17) is 0 Å². The van der Waals surface area contributed by atoms with Crippen LogP contribution in [0.1, 0.15) is 15.2 Å². The Morgan fingerprint density at radius 3 is 2.85 bits per heavy atom. The van der Waals surface area contributed by atoms with Crippen LogP contribution < -0.4 is 10.6 Å². The van der Waals surface area contributed by atoms with Crippen LogP contribution in [0.25, 0.3) is 11.0 Å². The van der Waals surface area contributed by atoms with E-state index in [1.165, 1.54) is 11.3 Å². The Labute approximate surface area is 154 Å². The van der Waals surface area contributed by atoms with Gasteiger partial charge in [0, 0.05) is 36.7 Å². The average Bonchev–Trinajstić information content (AvgIpc) is 3.32. The maximum Gasteiger partial charge on any atom is 0.263 e. The van der Waals surface area contributed by atoms with E-state index in [9.17, 15) is 4.79 Å². The molecule has 0 spiro atoms. The number of carbonyl (C=O) groups excluding carboxylic acids is 1. The Morgan fingerprint density at radius 2 is 1.96 bits per heavy atom. The van der Waals surface area contributed by atoms with Gasteiger partial charge >= 0.3 is 0 Å². The van der Waals surface area contributed by atoms with Crippen LogP contribution in [-0.4, -0.2) is 27.4 Å². The van der Waals surface area contributed by atoms with Gasteiger partial charge in [0.15, 0.2) is 0 Å². The smallest absolute Gasteiger partial charge is 0.263 e. The van der Waals surface area contributed by atoms with E-state index in [1.54, 1.807) is 18.6 Å². The molecule has 4 rings (SSSR count). The Morgan fingerprint density at radius 1 is 1.08 bits per heavy atom. The number of thiophene rings is 1. The molecule has 0 radical (unpaired) electrons. The van der Waals surface area contributed by atoms with Gasteiger partial charge in [-0.05, 0) is 47.7 Å². The minimum Gasteiger partial charge on any atom is -0.354 e. The number of pyridine rings is 2. The second-order valence-corrected chi connectivity index (χ2v) is 6.66. The molecule has 7 heteroatoms. The van der Waals surface area contributed by atoms with Crippen molar-refractivity contribution in [3.8, 4) is 0 Å². The third kappa shape index (κ3) is 3.43. The van der Waals surface area contributed by atoms with E-state index in [2.05, 4.69) is 25.6 Å². The second-order valence-electron chi connectivity index (χ2n) is 5.75. The second kappa shape index (κ2) is 7.37. The summed E-state index contributed by atoms with van der Waals surface area (Å²) in [4.78, 5) is 24.6. The fraction of sp³-hybridized carbons (Fsp3) is 0.105. The van der Waals surface area contributed by atoms with Gasteiger partial charge in [0.1, 0.15) is 10.5 Å². The predicted octanol–water partition coefficient (Wildman–Crippen LogP) is 3.74. The number of nitrogens with one attached hydrogen (secondary N) is 3. The zero-order chi connectivity index (χ0) is 17.8. The first-order valence-electron chi connectivity index (χ1n) is 8.25. The lowest BCUT2D eigenvalue weighted by molar-refractivity contribution is 0.0959. The minimum absolute atomic E-state index is 0.0732. The van der Waals surface area contributed by atoms with Crippen LogP contribution in [0, 0.1) is 0 Å². The number of hydrogen-bond donors (Lipinski definition) is 3. The monoisotopic (exact) mass is 363 g/mol. The number of rotatable bonds is 6. The first kappa shape index (κ1) is 16.3. The fourth-order valence-corrected chi connectivity index (χ4v) is 3.51. The number of amides is 1. The lowest BCUT2D eigenvalue weighted by Gasteiger charge is -2.09. The van der Waals surface area contributed by atoms with Gasteiger partial charge in [-0.3, -0.25) is 9.78 Å². The molecule has 0 unspecified atom stereocenters. The van der Waals surface area contributed by atoms with Crippen LogP contribution in [0.5, 0.6) is 0 Å². The predicted molar refractivity (Wildman–Crippen MR) is 104 cm³/mol. The summed E-state index contributed by atoms with van der Waals surface area (Å²) in [7, 11) is 0. The van der Waals surface area contributed by atoms with Gasteiger partial charge in [0.2, 0.25) is 0 Å². The Kier molecular flexibility index (Phi) is 4.61. The van der Waals surface area contributed by atoms with Crippen LogP contribution in [0.2, 0.25) is 0 Å². The summed E-state index contributed by atoms with van der Waals surface area (Å²) in [5.74, 6) is -0.0732. The molecule has 0 atom stereocenters. The van der Waals surface area contributed by atoms with Crippen molar-refractivity contribution in [3.05, 3.63) is 70.9 Å². The maximum atomic E-state index is 12.5. The highest BCUT2D eigenvalue weighted by atomic mass is 32.1. The number of nitrogens with zero attached hydrogens (tertiary/aromatic N) is 2. The van der Waals surface area contributed by atoms with Gasteiger partial charge in [-0.25, -0.2) is 4.98 Å². The van der Waals surface area contributed by atoms with Crippen molar-refractivity contribution in [2.75, 3.05) is 11.9 Å². The van der Waals surface area contributed by atoms with Crippen LogP contribution in [0.4, 0.5) is 11.4 Å². The highest BCUT2D eigenvalue weighted by Gasteiger charge is 2.14. The van der Waals surface area contributed by atoms with Crippen molar-refractivity contribution < 1.29 is 4.79 Å². The summed E-state index contributed by atoms with van der Waals surface area (Å²) in [5, 5.41) is 9.24. The summed E-state index contributed by atoms with van der Waals surface area (Å²) in [6.07, 6.45) is 7.88. The first-order valence-corrected chi connectivity index (χ1v) is 9.13. The highest BCUT2D eigenvalue weighted by molar-refractivity contribution is 7.12. The number of aromatic amines is 1. The van der Waals surface area contributed by atoms with E-state index in [-0.39, 0.29) is 5.91 Å². The van der Waals surface area contributed by atoms with Crippen molar-refractivity contribution in [2.24, 2.45) is 0 Å². The summed E-state index contributed by atoms with van der Waals surface area (Å²) in [6, 6.07) is 9.69. The molecule has 0 aliphatic carbocycles. The van der Waals surface area contributed by atoms with Gasteiger partial charge in [0.05, 0.1) is 11.4 Å². The summed E-state index contributed by atoms with van der Waals surface area (Å²) < 4.78 is 0. The molecule has 0 fully saturated rings. The van der Waals surface area contributed by atoms with Gasteiger partial charge < -0.3 is 15.6 Å². The normalized spacial score (nSPS) is 10.8. The summed E-state index contributed by atoms with van der Waals surface area (Å²) in [6.45, 7) is 0.581. The lowest BCUT2D eigenvalue weighted by atomic mass is 10.2. The molecule has 3 N–H and O–H groups in total. The number of hydrogen-bond acceptors (Lipinski definition) is 5. The van der Waals surface area contributed by atoms with Crippen molar-refractivity contribution in [1.29, 1.82) is 0 Å². The quantitative estimate of drug-likeness (QED) is 0.487. The Hall–Kier alpha value is -3.19. The molecule has 4 aromatic rings. The molecular formula is C19H17N5OS. The van der Waals surface area contributed by atoms with Crippen molar-refractivity contribution in [2.45, 2.75) is 6.42 Å². The van der Waals surface area contributed by atoms with E-state index >= 15 is 0 Å². The molecule has 0 aliphatic heterocycles. The molecule has 6 nitrogen and oxygen atoms in total. The largest absolute Gasteiger partial charge is 0.354 e. The third-order valence-corrected chi connectivity index (χ3v) is 4.96. The molecule has 4 aromatic heterocycles. The van der Waals surface area contributed by atoms with Gasteiger partial charge in [0.25, 0.3) is 5.91 Å². The number of fused-ring (bicyclic) bond motifs is 1. The molecule has 0 saturated carbocycles. The molecule has 26 heavy (non-hydrogen) atoms. The zero-order valence-corrected chi connectivity index (χ0v) is 14.7. The van der Waals surface area contributed by atoms with Crippen molar-refractivity contribution in [1.82, 2.24) is 20.3 Å². The molecular weight excluding hydrogens is 346 g/mol. The lowest BCUT2D eigenvalue weighted by Crippen LogP contribution is -2.25. The summed E-state index contributed by atoms with van der Waals surface area (Å²) in [5.41, 5.74) is 3.68. The fourth-order valence-electron chi connectivity index (χ4n) is 2.75. The van der Waals surface area contributed by atoms with Crippen molar-refractivity contribution >= 4 is 39.7 Å². The van der Waals surface area contributed by atoms with Crippen molar-refractivity contribution in [3.63, 3.8) is 0 Å². The average molecular weight is 363 g/mol. The standard InChI is InChI=1S/C19H17N5OS/c25-19(23-9-3-13-1-7-20-8-2-13)17-16(6-12-26-17)24-15-5-11-22-18-14(15)4-10-21-18/h1-2,4-8,10-12H,3,9H2,(H,23,25)(H2,21,22,24). The van der Waals surface area contributed by atoms with E-state index in [0.29, 0.717) is 11.4 Å². The van der Waals surface area contributed by atoms with Gasteiger partial charge in [-0.1, -0.05) is 0 Å². The van der Waals surface area contributed by atoms with E-state index in [0.717, 1.165) is 34.4 Å². The number of anilines is 2. The molecule has 0 aromatic carbocycles. The Balaban J connectivity index is 1.44. The molecule has 0 bridgehead atoms. The minimum atomic E-state index is -0.0732. The number of aromatic nitrogens is 3. The van der Waals surface area contributed by atoms with Crippen LogP contribution in [0.3, 0.4) is 0 Å². The summed E-state index contributed by atoms with van der Waals surface area (Å²) >= 11 is 1.42. The number of carbonyl (C=O) groups is 1. The number of H-pyrrole nitrogens is 1. The molecule has 130 valence electrons. The third-order valence-electron chi connectivity index (χ3n) is 4.05. The van der Waals surface area contributed by atoms with E-state index < -0.39 is 0 Å². The van der Waals surface area contributed by atoms with E-state index in [1.807, 2.05) is 41.9 Å². The first-order chi connectivity index (χ1) is 12.8. The highest BCUT2D eigenvalue weighted by Crippen LogP contribution is 2.29. The van der Waals surface area contributed by atoms with Crippen LogP contribution in [-0.2, 0) is 6.42 Å². The Bertz CT molecular complexity index is 1020. The molecule has 4 heterocycles. The van der Waals surface area contributed by atoms with Gasteiger partial charge in [-0.15, -0.1) is 11.3 Å². The molecule has 0 aliphatic rings. The zero-order valence-electron chi connectivity index (χ0n) is 13.9.